The molecule has 6 nitrogen and oxygen atoms in total. The van der Waals surface area contributed by atoms with Crippen LogP contribution < -0.4 is 15.2 Å². The molecule has 0 aliphatic heterocycles. The number of nitrogens with zero attached hydrogens (tertiary/aromatic N) is 2. The Balaban J connectivity index is 2.90. The van der Waals surface area contributed by atoms with Gasteiger partial charge >= 0.3 is 17.7 Å². The van der Waals surface area contributed by atoms with E-state index in [1.165, 1.54) is 0 Å². The Morgan fingerprint density at radius 3 is 2.54 bits per heavy atom. The van der Waals surface area contributed by atoms with E-state index in [4.69, 9.17) is 18.6 Å². The summed E-state index contributed by atoms with van der Waals surface area (Å²) in [5.74, 6) is 0. The summed E-state index contributed by atoms with van der Waals surface area (Å²) >= 11 is 0. The van der Waals surface area contributed by atoms with Crippen LogP contribution in [0.1, 0.15) is 0 Å². The largest absolute Gasteiger partial charge is 0.464 e. The molecule has 1 rings (SSSR count). The van der Waals surface area contributed by atoms with E-state index in [9.17, 15) is 4.79 Å². The smallest absolute Gasteiger partial charge is 0.353 e. The van der Waals surface area contributed by atoms with Crippen LogP contribution >= 0.6 is 0 Å². The molecule has 0 bridgehead atoms. The van der Waals surface area contributed by atoms with E-state index in [1.54, 1.807) is 0 Å². The maximum atomic E-state index is 10.8. The van der Waals surface area contributed by atoms with Crippen LogP contribution in [0.4, 0.5) is 0 Å². The van der Waals surface area contributed by atoms with Crippen molar-refractivity contribution in [2.45, 2.75) is 0 Å². The number of aromatic nitrogens is 3. The number of ether oxygens (including phenoxy) is 2. The predicted molar refractivity (Wildman–Crippen MR) is 42.2 cm³/mol. The first-order valence-electron chi connectivity index (χ1n) is 3.40. The number of rotatable bonds is 4. The maximum absolute atomic E-state index is 10.8. The first kappa shape index (κ1) is 9.50. The zero-order valence-corrected chi connectivity index (χ0v) is 6.69. The minimum absolute atomic E-state index is 0.0500. The van der Waals surface area contributed by atoms with Crippen LogP contribution in [-0.2, 0) is 0 Å². The summed E-state index contributed by atoms with van der Waals surface area (Å²) in [7, 11) is 0. The fourth-order valence-corrected chi connectivity index (χ4v) is 0.632. The molecule has 0 atom stereocenters. The van der Waals surface area contributed by atoms with Crippen molar-refractivity contribution in [2.24, 2.45) is 0 Å². The Morgan fingerprint density at radius 2 is 1.92 bits per heavy atom. The zero-order valence-electron chi connectivity index (χ0n) is 6.69. The predicted octanol–water partition coefficient (Wildman–Crippen LogP) is -0.655. The topological polar surface area (TPSA) is 77.1 Å². The van der Waals surface area contributed by atoms with E-state index in [2.05, 4.69) is 19.7 Å². The molecule has 13 heavy (non-hydrogen) atoms. The van der Waals surface area contributed by atoms with Crippen LogP contribution in [0.3, 0.4) is 0 Å². The molecule has 0 amide bonds. The summed E-state index contributed by atoms with van der Waals surface area (Å²) in [5.41, 5.74) is -0.637. The van der Waals surface area contributed by atoms with Gasteiger partial charge in [0.15, 0.2) is 0 Å². The van der Waals surface area contributed by atoms with Crippen LogP contribution in [0.5, 0.6) is 12.0 Å². The molecule has 0 aliphatic carbocycles. The highest BCUT2D eigenvalue weighted by atomic mass is 16.5. The average Bonchev–Trinajstić information content (AvgIpc) is 2.04. The van der Waals surface area contributed by atoms with Crippen molar-refractivity contribution in [1.29, 1.82) is 0 Å². The second kappa shape index (κ2) is 4.44. The van der Waals surface area contributed by atoms with E-state index in [0.717, 1.165) is 0 Å². The van der Waals surface area contributed by atoms with Crippen molar-refractivity contribution in [3.05, 3.63) is 24.3 Å². The van der Waals surface area contributed by atoms with Gasteiger partial charge in [0.2, 0.25) is 0 Å². The molecule has 68 valence electrons. The SMILES string of the molecule is [CH]COc1nc(OC[CH])[nH]c(=O)n1. The van der Waals surface area contributed by atoms with Gasteiger partial charge in [-0.2, -0.15) is 0 Å². The maximum Gasteiger partial charge on any atom is 0.353 e. The van der Waals surface area contributed by atoms with Gasteiger partial charge < -0.3 is 9.47 Å². The quantitative estimate of drug-likeness (QED) is 0.667. The highest BCUT2D eigenvalue weighted by Gasteiger charge is 2.02. The van der Waals surface area contributed by atoms with Crippen molar-refractivity contribution in [3.63, 3.8) is 0 Å². The second-order valence-electron chi connectivity index (χ2n) is 1.86. The van der Waals surface area contributed by atoms with Crippen molar-refractivity contribution >= 4 is 0 Å². The summed E-state index contributed by atoms with van der Waals surface area (Å²) in [5, 5.41) is 0. The molecule has 0 saturated carbocycles. The van der Waals surface area contributed by atoms with Crippen LogP contribution in [0, 0.1) is 13.8 Å². The molecule has 0 aromatic carbocycles. The molecule has 0 aliphatic rings. The molecule has 1 N–H and O–H groups in total. The molecule has 0 fully saturated rings. The van der Waals surface area contributed by atoms with Gasteiger partial charge in [-0.1, -0.05) is 0 Å². The summed E-state index contributed by atoms with van der Waals surface area (Å²) in [6, 6.07) is -0.194. The lowest BCUT2D eigenvalue weighted by Gasteiger charge is -2.02. The molecular formula is C7H7N3O3. The van der Waals surface area contributed by atoms with Gasteiger partial charge in [-0.15, -0.1) is 9.97 Å². The number of hydrogen-bond acceptors (Lipinski definition) is 5. The molecule has 4 radical (unpaired) electrons. The van der Waals surface area contributed by atoms with Crippen LogP contribution in [0.15, 0.2) is 4.79 Å². The second-order valence-corrected chi connectivity index (χ2v) is 1.86. The molecule has 1 aromatic rings. The van der Waals surface area contributed by atoms with Crippen molar-refractivity contribution in [2.75, 3.05) is 13.2 Å². The van der Waals surface area contributed by atoms with Crippen LogP contribution in [-0.4, -0.2) is 28.2 Å². The Labute approximate surface area is 74.9 Å². The number of H-pyrrole nitrogens is 1. The molecule has 0 saturated heterocycles. The first-order chi connectivity index (χ1) is 6.26. The van der Waals surface area contributed by atoms with Gasteiger partial charge in [-0.05, 0) is 0 Å². The Bertz CT molecular complexity index is 296. The Hall–Kier alpha value is -1.59. The Kier molecular flexibility index (Phi) is 3.24. The third-order valence-electron chi connectivity index (χ3n) is 1.04. The van der Waals surface area contributed by atoms with Crippen molar-refractivity contribution in [3.8, 4) is 12.0 Å². The summed E-state index contributed by atoms with van der Waals surface area (Å²) in [6.07, 6.45) is 0. The average molecular weight is 181 g/mol. The first-order valence-corrected chi connectivity index (χ1v) is 3.40. The van der Waals surface area contributed by atoms with Crippen LogP contribution in [0.2, 0.25) is 0 Å². The van der Waals surface area contributed by atoms with E-state index in [0.29, 0.717) is 0 Å². The lowest BCUT2D eigenvalue weighted by molar-refractivity contribution is 0.293. The molecule has 1 heterocycles. The molecule has 6 heteroatoms. The Morgan fingerprint density at radius 1 is 1.23 bits per heavy atom. The van der Waals surface area contributed by atoms with E-state index >= 15 is 0 Å². The van der Waals surface area contributed by atoms with E-state index in [-0.39, 0.29) is 25.2 Å². The highest BCUT2D eigenvalue weighted by Crippen LogP contribution is 2.03. The third kappa shape index (κ3) is 2.73. The summed E-state index contributed by atoms with van der Waals surface area (Å²) in [4.78, 5) is 20.0. The van der Waals surface area contributed by atoms with Gasteiger partial charge in [0, 0.05) is 13.8 Å². The normalized spacial score (nSPS) is 9.69. The van der Waals surface area contributed by atoms with Gasteiger partial charge in [-0.25, -0.2) is 4.79 Å². The molecular weight excluding hydrogens is 174 g/mol. The van der Waals surface area contributed by atoms with Crippen molar-refractivity contribution < 1.29 is 9.47 Å². The third-order valence-corrected chi connectivity index (χ3v) is 1.04. The van der Waals surface area contributed by atoms with Gasteiger partial charge in [0.25, 0.3) is 0 Å². The van der Waals surface area contributed by atoms with E-state index in [1.807, 2.05) is 0 Å². The minimum atomic E-state index is -0.637. The standard InChI is InChI=1S/C7H7N3O3/c1-3-12-6-8-5(11)9-7(10-6)13-4-2/h1-2H,3-4H2,(H,8,9,10,11). The van der Waals surface area contributed by atoms with Gasteiger partial charge in [-0.3, -0.25) is 4.98 Å². The minimum Gasteiger partial charge on any atom is -0.464 e. The molecule has 0 unspecified atom stereocenters. The van der Waals surface area contributed by atoms with Gasteiger partial charge in [0.05, 0.1) is 13.2 Å². The lowest BCUT2D eigenvalue weighted by Crippen LogP contribution is -2.15. The van der Waals surface area contributed by atoms with E-state index < -0.39 is 5.69 Å². The fraction of sp³-hybridized carbons (Fsp3) is 0.286. The monoisotopic (exact) mass is 181 g/mol. The lowest BCUT2D eigenvalue weighted by atomic mass is 10.8. The van der Waals surface area contributed by atoms with Crippen LogP contribution in [0.25, 0.3) is 0 Å². The molecule has 1 aromatic heterocycles. The number of hydrogen-bond donors (Lipinski definition) is 1. The van der Waals surface area contributed by atoms with Gasteiger partial charge in [0.1, 0.15) is 0 Å². The summed E-state index contributed by atoms with van der Waals surface area (Å²) < 4.78 is 9.41. The summed E-state index contributed by atoms with van der Waals surface area (Å²) in [6.45, 7) is 9.90. The fourth-order valence-electron chi connectivity index (χ4n) is 0.632. The number of nitrogens with one attached hydrogen (secondary N) is 1. The molecule has 0 spiro atoms. The highest BCUT2D eigenvalue weighted by molar-refractivity contribution is 4.99. The number of aromatic amines is 1. The van der Waals surface area contributed by atoms with Crippen molar-refractivity contribution in [1.82, 2.24) is 15.0 Å². The zero-order chi connectivity index (χ0) is 9.68.